The lowest BCUT2D eigenvalue weighted by atomic mass is 9.76. The van der Waals surface area contributed by atoms with Gasteiger partial charge in [-0.15, -0.1) is 11.3 Å². The summed E-state index contributed by atoms with van der Waals surface area (Å²) in [5.41, 5.74) is 0.382. The first kappa shape index (κ1) is 17.9. The summed E-state index contributed by atoms with van der Waals surface area (Å²) >= 11 is 1.68. The molecule has 0 aliphatic carbocycles. The summed E-state index contributed by atoms with van der Waals surface area (Å²) in [6, 6.07) is 5.17. The molecule has 2 fully saturated rings. The molecule has 0 bridgehead atoms. The van der Waals surface area contributed by atoms with Crippen molar-refractivity contribution in [2.75, 3.05) is 33.4 Å². The highest BCUT2D eigenvalue weighted by Crippen LogP contribution is 2.44. The normalized spacial score (nSPS) is 24.2. The Labute approximate surface area is 149 Å². The van der Waals surface area contributed by atoms with Crippen LogP contribution in [0.15, 0.2) is 17.5 Å². The van der Waals surface area contributed by atoms with Crippen LogP contribution in [0.3, 0.4) is 0 Å². The molecule has 2 aliphatic rings. The van der Waals surface area contributed by atoms with E-state index < -0.39 is 0 Å². The molecule has 5 heteroatoms. The number of hydrogen-bond acceptors (Lipinski definition) is 4. The van der Waals surface area contributed by atoms with Gasteiger partial charge in [0.05, 0.1) is 13.0 Å². The smallest absolute Gasteiger partial charge is 0.227 e. The number of likely N-dealkylation sites (tertiary alicyclic amines) is 2. The number of hydrogen-bond donors (Lipinski definition) is 0. The SMILES string of the molecule is COC[C@@H]1CC2(CCN(C(=O)Cc3cccs3)CC2)CN1C(C)C. The van der Waals surface area contributed by atoms with Crippen LogP contribution in [-0.2, 0) is 16.0 Å². The zero-order valence-corrected chi connectivity index (χ0v) is 16.0. The molecule has 2 saturated heterocycles. The van der Waals surface area contributed by atoms with Crippen LogP contribution in [0.25, 0.3) is 0 Å². The Bertz CT molecular complexity index is 536. The average molecular weight is 351 g/mol. The Morgan fingerprint density at radius 2 is 2.17 bits per heavy atom. The van der Waals surface area contributed by atoms with E-state index in [1.165, 1.54) is 11.3 Å². The Kier molecular flexibility index (Phi) is 5.63. The van der Waals surface area contributed by atoms with Crippen molar-refractivity contribution in [3.05, 3.63) is 22.4 Å². The zero-order valence-electron chi connectivity index (χ0n) is 15.2. The number of rotatable bonds is 5. The number of nitrogens with zero attached hydrogens (tertiary/aromatic N) is 2. The minimum atomic E-state index is 0.291. The van der Waals surface area contributed by atoms with Gasteiger partial charge in [0.15, 0.2) is 0 Å². The summed E-state index contributed by atoms with van der Waals surface area (Å²) < 4.78 is 5.45. The molecule has 0 N–H and O–H groups in total. The molecule has 0 saturated carbocycles. The molecule has 1 aromatic rings. The highest BCUT2D eigenvalue weighted by atomic mass is 32.1. The summed E-state index contributed by atoms with van der Waals surface area (Å²) in [7, 11) is 1.80. The van der Waals surface area contributed by atoms with Gasteiger partial charge in [0, 0.05) is 43.7 Å². The van der Waals surface area contributed by atoms with Gasteiger partial charge in [-0.25, -0.2) is 0 Å². The van der Waals surface area contributed by atoms with Gasteiger partial charge in [-0.2, -0.15) is 0 Å². The van der Waals surface area contributed by atoms with Crippen molar-refractivity contribution in [1.82, 2.24) is 9.80 Å². The Morgan fingerprint density at radius 1 is 1.42 bits per heavy atom. The lowest BCUT2D eigenvalue weighted by Crippen LogP contribution is -2.45. The second-order valence-corrected chi connectivity index (χ2v) is 8.75. The molecule has 3 heterocycles. The van der Waals surface area contributed by atoms with Gasteiger partial charge in [-0.05, 0) is 50.0 Å². The third kappa shape index (κ3) is 3.84. The van der Waals surface area contributed by atoms with Crippen molar-refractivity contribution in [3.63, 3.8) is 0 Å². The Balaban J connectivity index is 1.57. The van der Waals surface area contributed by atoms with Gasteiger partial charge in [0.2, 0.25) is 5.91 Å². The van der Waals surface area contributed by atoms with Crippen molar-refractivity contribution in [1.29, 1.82) is 0 Å². The number of carbonyl (C=O) groups is 1. The van der Waals surface area contributed by atoms with Gasteiger partial charge in [0.1, 0.15) is 0 Å². The van der Waals surface area contributed by atoms with Crippen molar-refractivity contribution >= 4 is 17.2 Å². The maximum Gasteiger partial charge on any atom is 0.227 e. The summed E-state index contributed by atoms with van der Waals surface area (Å²) in [5, 5.41) is 2.04. The van der Waals surface area contributed by atoms with E-state index in [4.69, 9.17) is 4.74 Å². The second-order valence-electron chi connectivity index (χ2n) is 7.72. The Hall–Kier alpha value is -0.910. The quantitative estimate of drug-likeness (QED) is 0.818. The third-order valence-corrected chi connectivity index (χ3v) is 6.64. The first-order valence-electron chi connectivity index (χ1n) is 9.08. The molecule has 2 aliphatic heterocycles. The molecule has 4 nitrogen and oxygen atoms in total. The van der Waals surface area contributed by atoms with E-state index in [-0.39, 0.29) is 0 Å². The van der Waals surface area contributed by atoms with Crippen molar-refractivity contribution in [3.8, 4) is 0 Å². The number of amides is 1. The van der Waals surface area contributed by atoms with Crippen molar-refractivity contribution in [2.24, 2.45) is 5.41 Å². The molecule has 1 atom stereocenters. The lowest BCUT2D eigenvalue weighted by Gasteiger charge is -2.39. The number of piperidine rings is 1. The van der Waals surface area contributed by atoms with E-state index in [2.05, 4.69) is 29.7 Å². The summed E-state index contributed by atoms with van der Waals surface area (Å²) in [6.07, 6.45) is 4.04. The molecule has 1 spiro atoms. The van der Waals surface area contributed by atoms with E-state index in [9.17, 15) is 4.79 Å². The van der Waals surface area contributed by atoms with E-state index >= 15 is 0 Å². The van der Waals surface area contributed by atoms with Crippen LogP contribution in [0.5, 0.6) is 0 Å². The molecule has 1 amide bonds. The van der Waals surface area contributed by atoms with Gasteiger partial charge in [-0.3, -0.25) is 9.69 Å². The maximum atomic E-state index is 12.5. The fourth-order valence-corrected chi connectivity index (χ4v) is 5.11. The highest BCUT2D eigenvalue weighted by Gasteiger charge is 2.46. The predicted octanol–water partition coefficient (Wildman–Crippen LogP) is 3.03. The van der Waals surface area contributed by atoms with Crippen molar-refractivity contribution in [2.45, 2.75) is 51.6 Å². The monoisotopic (exact) mass is 350 g/mol. The fourth-order valence-electron chi connectivity index (χ4n) is 4.42. The number of methoxy groups -OCH3 is 1. The van der Waals surface area contributed by atoms with Crippen LogP contribution in [0.1, 0.15) is 38.0 Å². The zero-order chi connectivity index (χ0) is 17.2. The Morgan fingerprint density at radius 3 is 2.75 bits per heavy atom. The lowest BCUT2D eigenvalue weighted by molar-refractivity contribution is -0.132. The van der Waals surface area contributed by atoms with Gasteiger partial charge in [0.25, 0.3) is 0 Å². The first-order chi connectivity index (χ1) is 11.5. The molecule has 3 rings (SSSR count). The average Bonchev–Trinajstić information content (AvgIpc) is 3.17. The van der Waals surface area contributed by atoms with Crippen LogP contribution < -0.4 is 0 Å². The van der Waals surface area contributed by atoms with Gasteiger partial charge in [-0.1, -0.05) is 6.07 Å². The summed E-state index contributed by atoms with van der Waals surface area (Å²) in [5.74, 6) is 0.291. The van der Waals surface area contributed by atoms with Gasteiger partial charge >= 0.3 is 0 Å². The number of ether oxygens (including phenoxy) is 1. The molecule has 24 heavy (non-hydrogen) atoms. The topological polar surface area (TPSA) is 32.8 Å². The predicted molar refractivity (Wildman–Crippen MR) is 98.4 cm³/mol. The third-order valence-electron chi connectivity index (χ3n) is 5.76. The minimum absolute atomic E-state index is 0.291. The van der Waals surface area contributed by atoms with E-state index in [1.54, 1.807) is 18.4 Å². The molecule has 134 valence electrons. The molecular formula is C19H30N2O2S. The van der Waals surface area contributed by atoms with E-state index in [0.717, 1.165) is 39.1 Å². The van der Waals surface area contributed by atoms with Crippen LogP contribution in [0.2, 0.25) is 0 Å². The molecule has 0 unspecified atom stereocenters. The van der Waals surface area contributed by atoms with E-state index in [0.29, 0.717) is 29.8 Å². The molecule has 0 aromatic carbocycles. The van der Waals surface area contributed by atoms with Crippen molar-refractivity contribution < 1.29 is 9.53 Å². The molecular weight excluding hydrogens is 320 g/mol. The standard InChI is InChI=1S/C19H30N2O2S/c1-15(2)21-14-19(12-16(21)13-23-3)6-8-20(9-7-19)18(22)11-17-5-4-10-24-17/h4-5,10,15-16H,6-9,11-14H2,1-3H3/t16-/m0/s1. The van der Waals surface area contributed by atoms with E-state index in [1.807, 2.05) is 11.4 Å². The highest BCUT2D eigenvalue weighted by molar-refractivity contribution is 7.10. The summed E-state index contributed by atoms with van der Waals surface area (Å²) in [6.45, 7) is 8.36. The maximum absolute atomic E-state index is 12.5. The van der Waals surface area contributed by atoms with Crippen LogP contribution in [0, 0.1) is 5.41 Å². The fraction of sp³-hybridized carbons (Fsp3) is 0.737. The van der Waals surface area contributed by atoms with Crippen LogP contribution in [0.4, 0.5) is 0 Å². The minimum Gasteiger partial charge on any atom is -0.383 e. The van der Waals surface area contributed by atoms with Crippen LogP contribution in [-0.4, -0.2) is 61.1 Å². The number of thiophene rings is 1. The van der Waals surface area contributed by atoms with Crippen LogP contribution >= 0.6 is 11.3 Å². The summed E-state index contributed by atoms with van der Waals surface area (Å²) in [4.78, 5) is 18.4. The first-order valence-corrected chi connectivity index (χ1v) is 9.96. The number of carbonyl (C=O) groups excluding carboxylic acids is 1. The van der Waals surface area contributed by atoms with Gasteiger partial charge < -0.3 is 9.64 Å². The largest absolute Gasteiger partial charge is 0.383 e. The second kappa shape index (κ2) is 7.54. The molecule has 0 radical (unpaired) electrons. The molecule has 1 aromatic heterocycles.